The van der Waals surface area contributed by atoms with Gasteiger partial charge in [-0.05, 0) is 72.1 Å². The Bertz CT molecular complexity index is 1600. The van der Waals surface area contributed by atoms with Gasteiger partial charge in [0.2, 0.25) is 0 Å². The minimum atomic E-state index is -4.55. The number of alkyl halides is 3. The Balaban J connectivity index is 2.34. The molecule has 2 rings (SSSR count). The maximum Gasteiger partial charge on any atom is 0.416 e. The van der Waals surface area contributed by atoms with Crippen molar-refractivity contribution < 1.29 is 21.8 Å². The summed E-state index contributed by atoms with van der Waals surface area (Å²) in [5, 5.41) is 29.1. The molecule has 0 aliphatic carbocycles. The lowest BCUT2D eigenvalue weighted by Gasteiger charge is -2.44. The summed E-state index contributed by atoms with van der Waals surface area (Å²) in [6.45, 7) is 20.3. The Hall–Kier alpha value is -3.79. The molecule has 49 heavy (non-hydrogen) atoms. The molecule has 264 valence electrons. The van der Waals surface area contributed by atoms with Crippen LogP contribution in [0.5, 0.6) is 0 Å². The van der Waals surface area contributed by atoms with Gasteiger partial charge in [0.1, 0.15) is 17.7 Å². The van der Waals surface area contributed by atoms with Crippen LogP contribution in [-0.4, -0.2) is 51.9 Å². The molecule has 0 N–H and O–H groups in total. The number of halogens is 3. The molecular formula is C38H49F3N4O2SSi. The molecule has 0 heterocycles. The first-order valence-corrected chi connectivity index (χ1v) is 21.2. The van der Waals surface area contributed by atoms with Gasteiger partial charge in [0, 0.05) is 29.1 Å². The molecular weight excluding hydrogens is 662 g/mol. The third-order valence-corrected chi connectivity index (χ3v) is 17.3. The first-order chi connectivity index (χ1) is 22.6. The van der Waals surface area contributed by atoms with Crippen molar-refractivity contribution in [1.29, 1.82) is 15.8 Å². The van der Waals surface area contributed by atoms with Crippen molar-refractivity contribution in [3.63, 3.8) is 0 Å². The Morgan fingerprint density at radius 1 is 0.837 bits per heavy atom. The molecule has 6 nitrogen and oxygen atoms in total. The van der Waals surface area contributed by atoms with E-state index in [1.807, 2.05) is 30.3 Å². The minimum absolute atomic E-state index is 0.0288. The lowest BCUT2D eigenvalue weighted by molar-refractivity contribution is -0.137. The van der Waals surface area contributed by atoms with Gasteiger partial charge in [-0.25, -0.2) is 0 Å². The summed E-state index contributed by atoms with van der Waals surface area (Å²) in [7, 11) is -3.20. The van der Waals surface area contributed by atoms with Crippen LogP contribution in [0.4, 0.5) is 18.9 Å². The summed E-state index contributed by atoms with van der Waals surface area (Å²) in [6, 6.07) is 17.4. The fourth-order valence-corrected chi connectivity index (χ4v) is 6.03. The minimum Gasteiger partial charge on any atom is -0.415 e. The molecule has 0 saturated carbocycles. The summed E-state index contributed by atoms with van der Waals surface area (Å²) in [5.41, 5.74) is 0.697. The van der Waals surface area contributed by atoms with E-state index in [0.29, 0.717) is 26.3 Å². The molecule has 0 spiro atoms. The smallest absolute Gasteiger partial charge is 0.415 e. The van der Waals surface area contributed by atoms with Crippen molar-refractivity contribution in [2.45, 2.75) is 70.6 Å². The molecule has 0 radical (unpaired) electrons. The molecule has 0 unspecified atom stereocenters. The van der Waals surface area contributed by atoms with Crippen molar-refractivity contribution in [2.75, 3.05) is 43.7 Å². The summed E-state index contributed by atoms with van der Waals surface area (Å²) >= 11 is 0. The van der Waals surface area contributed by atoms with Crippen LogP contribution in [0.2, 0.25) is 18.1 Å². The maximum absolute atomic E-state index is 13.1. The second kappa shape index (κ2) is 16.7. The molecule has 0 aromatic heterocycles. The standard InChI is InChI=1S/C38H49F3N4O2SSi/c1-36(2,3)48(7,8)46-24-22-45(23-25-47-49(9,10)37(4,5)6)34-20-14-29(15-21-34)12-11-13-31(26-42)35(32(27-43)28-44)30-16-18-33(19-17-30)38(39,40)41/h11-21H,22-25H2,1-10H3/b12-11+,31-13+. The van der Waals surface area contributed by atoms with E-state index in [9.17, 15) is 29.0 Å². The first kappa shape index (κ1) is 41.4. The molecule has 0 amide bonds. The van der Waals surface area contributed by atoms with Crippen LogP contribution in [-0.2, 0) is 14.8 Å². The second-order valence-electron chi connectivity index (χ2n) is 14.5. The van der Waals surface area contributed by atoms with Gasteiger partial charge in [-0.15, -0.1) is 10.3 Å². The number of hydrogen-bond donors (Lipinski definition) is 0. The van der Waals surface area contributed by atoms with E-state index in [1.165, 1.54) is 6.08 Å². The number of nitrogens with zero attached hydrogens (tertiary/aromatic N) is 4. The van der Waals surface area contributed by atoms with Crippen molar-refractivity contribution in [3.8, 4) is 18.2 Å². The fraction of sp³-hybridized carbons (Fsp3) is 0.447. The SMILES string of the molecule is CC(C)(C)[Si](C)(C)OCCN(CCOS(C)(C)C(C)(C)C)c1ccc(/C=C/C=C(\C#N)C(=C(C#N)C#N)c2ccc(C(F)(F)F)cc2)cc1. The Kier molecular flexibility index (Phi) is 14.1. The van der Waals surface area contributed by atoms with E-state index in [0.717, 1.165) is 35.5 Å². The van der Waals surface area contributed by atoms with Crippen LogP contribution in [0.3, 0.4) is 0 Å². The second-order valence-corrected chi connectivity index (χ2v) is 23.2. The van der Waals surface area contributed by atoms with E-state index in [2.05, 4.69) is 72.0 Å². The molecule has 0 aliphatic rings. The number of nitriles is 3. The highest BCUT2D eigenvalue weighted by molar-refractivity contribution is 8.29. The van der Waals surface area contributed by atoms with Gasteiger partial charge in [-0.1, -0.05) is 78.0 Å². The monoisotopic (exact) mass is 710 g/mol. The summed E-state index contributed by atoms with van der Waals surface area (Å²) in [6.07, 6.45) is 4.66. The molecule has 0 atom stereocenters. The molecule has 0 fully saturated rings. The van der Waals surface area contributed by atoms with Crippen LogP contribution in [0.1, 0.15) is 58.2 Å². The summed E-state index contributed by atoms with van der Waals surface area (Å²) in [5.74, 6) is 0. The van der Waals surface area contributed by atoms with Gasteiger partial charge in [0.15, 0.2) is 8.32 Å². The number of allylic oxidation sites excluding steroid dienone is 5. The highest BCUT2D eigenvalue weighted by Gasteiger charge is 2.37. The third-order valence-electron chi connectivity index (χ3n) is 9.02. The molecule has 2 aromatic rings. The van der Waals surface area contributed by atoms with Crippen molar-refractivity contribution in [1.82, 2.24) is 0 Å². The number of hydrogen-bond acceptors (Lipinski definition) is 6. The summed E-state index contributed by atoms with van der Waals surface area (Å²) in [4.78, 5) is 2.26. The zero-order valence-corrected chi connectivity index (χ0v) is 32.1. The first-order valence-electron chi connectivity index (χ1n) is 15.9. The molecule has 0 aliphatic heterocycles. The van der Waals surface area contributed by atoms with Crippen LogP contribution in [0, 0.1) is 34.0 Å². The Morgan fingerprint density at radius 2 is 1.39 bits per heavy atom. The largest absolute Gasteiger partial charge is 0.416 e. The van der Waals surface area contributed by atoms with Crippen molar-refractivity contribution in [3.05, 3.63) is 88.5 Å². The molecule has 11 heteroatoms. The average Bonchev–Trinajstić information content (AvgIpc) is 3.00. The van der Waals surface area contributed by atoms with E-state index in [1.54, 1.807) is 24.3 Å². The van der Waals surface area contributed by atoms with Crippen LogP contribution in [0.25, 0.3) is 11.6 Å². The zero-order chi connectivity index (χ0) is 37.3. The Labute approximate surface area is 293 Å². The fourth-order valence-electron chi connectivity index (χ4n) is 4.16. The van der Waals surface area contributed by atoms with Crippen molar-refractivity contribution in [2.24, 2.45) is 0 Å². The Morgan fingerprint density at radius 3 is 1.86 bits per heavy atom. The average molecular weight is 711 g/mol. The number of rotatable bonds is 13. The molecule has 0 bridgehead atoms. The lowest BCUT2D eigenvalue weighted by atomic mass is 9.93. The van der Waals surface area contributed by atoms with Crippen LogP contribution >= 0.6 is 10.3 Å². The maximum atomic E-state index is 13.1. The highest BCUT2D eigenvalue weighted by atomic mass is 32.3. The quantitative estimate of drug-likeness (QED) is 0.117. The van der Waals surface area contributed by atoms with Gasteiger partial charge >= 0.3 is 6.18 Å². The number of benzene rings is 2. The molecule has 2 aromatic carbocycles. The topological polar surface area (TPSA) is 93.1 Å². The van der Waals surface area contributed by atoms with Gasteiger partial charge in [-0.2, -0.15) is 29.0 Å². The van der Waals surface area contributed by atoms with Gasteiger partial charge in [-0.3, -0.25) is 0 Å². The van der Waals surface area contributed by atoms with Crippen LogP contribution in [0.15, 0.2) is 71.8 Å². The van der Waals surface area contributed by atoms with Gasteiger partial charge < -0.3 is 13.5 Å². The zero-order valence-electron chi connectivity index (χ0n) is 30.3. The normalized spacial score (nSPS) is 13.4. The van der Waals surface area contributed by atoms with Crippen molar-refractivity contribution >= 4 is 36.0 Å². The highest BCUT2D eigenvalue weighted by Crippen LogP contribution is 2.53. The van der Waals surface area contributed by atoms with Gasteiger partial charge in [0.25, 0.3) is 0 Å². The molecule has 0 saturated heterocycles. The summed E-state index contributed by atoms with van der Waals surface area (Å²) < 4.78 is 52.3. The predicted octanol–water partition coefficient (Wildman–Crippen LogP) is 10.3. The van der Waals surface area contributed by atoms with E-state index in [4.69, 9.17) is 8.61 Å². The van der Waals surface area contributed by atoms with E-state index < -0.39 is 30.4 Å². The van der Waals surface area contributed by atoms with E-state index in [-0.39, 0.29) is 32.1 Å². The van der Waals surface area contributed by atoms with Crippen LogP contribution < -0.4 is 4.90 Å². The van der Waals surface area contributed by atoms with Gasteiger partial charge in [0.05, 0.1) is 30.4 Å². The lowest BCUT2D eigenvalue weighted by Crippen LogP contribution is -2.43. The number of anilines is 1. The third kappa shape index (κ3) is 11.7. The van der Waals surface area contributed by atoms with E-state index >= 15 is 0 Å². The predicted molar refractivity (Wildman–Crippen MR) is 199 cm³/mol.